The fraction of sp³-hybridized carbons (Fsp3) is 0.800. The molecule has 1 aromatic heterocycles. The molecule has 1 rings (SSSR count). The molecule has 0 saturated carbocycles. The van der Waals surface area contributed by atoms with E-state index in [1.807, 2.05) is 0 Å². The average molecular weight is 361 g/mol. The summed E-state index contributed by atoms with van der Waals surface area (Å²) in [6.45, 7) is 5.76. The van der Waals surface area contributed by atoms with Gasteiger partial charge in [0.25, 0.3) is 0 Å². The number of aromatic nitrogens is 1. The first-order chi connectivity index (χ1) is 12.9. The minimum Gasteiger partial charge on any atom is -0.205 e. The lowest BCUT2D eigenvalue weighted by Gasteiger charge is -2.04. The molecular weight excluding hydrogens is 314 g/mol. The van der Waals surface area contributed by atoms with Crippen LogP contribution >= 0.6 is 0 Å². The standard InChI is InChI=1S/C25H46N/c1-3-5-7-9-10-11-12-13-14-15-16-17-20-25-21-19-23-26(24-25)22-18-8-6-4-2/h19,21,23-24H,3-18,20,22H2,1-2H3/q+1. The summed E-state index contributed by atoms with van der Waals surface area (Å²) in [5, 5.41) is 0. The average Bonchev–Trinajstić information content (AvgIpc) is 2.66. The van der Waals surface area contributed by atoms with Crippen molar-refractivity contribution in [2.45, 2.75) is 130 Å². The second kappa shape index (κ2) is 17.6. The second-order valence-electron chi connectivity index (χ2n) is 8.15. The van der Waals surface area contributed by atoms with Crippen LogP contribution in [0.25, 0.3) is 0 Å². The van der Waals surface area contributed by atoms with Crippen LogP contribution < -0.4 is 4.57 Å². The van der Waals surface area contributed by atoms with Crippen LogP contribution in [0.4, 0.5) is 0 Å². The number of hydrogen-bond acceptors (Lipinski definition) is 0. The van der Waals surface area contributed by atoms with Crippen molar-refractivity contribution in [1.82, 2.24) is 0 Å². The SMILES string of the molecule is CCCCCCCCCCCCCCc1ccc[n+](CCCCCC)c1. The van der Waals surface area contributed by atoms with Crippen LogP contribution in [0.1, 0.15) is 122 Å². The zero-order valence-electron chi connectivity index (χ0n) is 18.0. The lowest BCUT2D eigenvalue weighted by Crippen LogP contribution is -2.33. The number of hydrogen-bond donors (Lipinski definition) is 0. The summed E-state index contributed by atoms with van der Waals surface area (Å²) in [5.74, 6) is 0. The summed E-state index contributed by atoms with van der Waals surface area (Å²) in [4.78, 5) is 0. The summed E-state index contributed by atoms with van der Waals surface area (Å²) >= 11 is 0. The largest absolute Gasteiger partial charge is 0.205 e. The van der Waals surface area contributed by atoms with E-state index >= 15 is 0 Å². The number of aryl methyl sites for hydroxylation is 2. The van der Waals surface area contributed by atoms with Gasteiger partial charge in [0.05, 0.1) is 0 Å². The predicted molar refractivity (Wildman–Crippen MR) is 116 cm³/mol. The van der Waals surface area contributed by atoms with Gasteiger partial charge in [-0.2, -0.15) is 0 Å². The van der Waals surface area contributed by atoms with Gasteiger partial charge in [0.15, 0.2) is 12.4 Å². The summed E-state index contributed by atoms with van der Waals surface area (Å²) in [7, 11) is 0. The summed E-state index contributed by atoms with van der Waals surface area (Å²) in [6, 6.07) is 4.54. The van der Waals surface area contributed by atoms with Gasteiger partial charge in [0, 0.05) is 18.1 Å². The van der Waals surface area contributed by atoms with E-state index in [-0.39, 0.29) is 0 Å². The number of nitrogens with zero attached hydrogens (tertiary/aromatic N) is 1. The molecule has 0 fully saturated rings. The third kappa shape index (κ3) is 13.4. The van der Waals surface area contributed by atoms with Gasteiger partial charge in [0.1, 0.15) is 6.54 Å². The Bertz CT molecular complexity index is 412. The van der Waals surface area contributed by atoms with E-state index in [9.17, 15) is 0 Å². The molecule has 0 spiro atoms. The van der Waals surface area contributed by atoms with Gasteiger partial charge < -0.3 is 0 Å². The van der Waals surface area contributed by atoms with Gasteiger partial charge in [-0.25, -0.2) is 4.57 Å². The van der Waals surface area contributed by atoms with E-state index < -0.39 is 0 Å². The molecule has 1 heteroatoms. The van der Waals surface area contributed by atoms with Crippen LogP contribution in [0.3, 0.4) is 0 Å². The Labute approximate surface area is 164 Å². The van der Waals surface area contributed by atoms with Crippen LogP contribution in [0, 0.1) is 0 Å². The first-order valence-corrected chi connectivity index (χ1v) is 11.8. The molecule has 1 heterocycles. The molecule has 0 aromatic carbocycles. The Morgan fingerprint density at radius 3 is 1.69 bits per heavy atom. The van der Waals surface area contributed by atoms with Crippen LogP contribution in [-0.4, -0.2) is 0 Å². The molecule has 0 atom stereocenters. The minimum atomic E-state index is 1.19. The van der Waals surface area contributed by atoms with Crippen molar-refractivity contribution in [2.75, 3.05) is 0 Å². The molecule has 0 amide bonds. The maximum absolute atomic E-state index is 2.39. The highest BCUT2D eigenvalue weighted by Gasteiger charge is 2.03. The third-order valence-electron chi connectivity index (χ3n) is 5.51. The van der Waals surface area contributed by atoms with Gasteiger partial charge in [-0.3, -0.25) is 0 Å². The number of rotatable bonds is 18. The van der Waals surface area contributed by atoms with E-state index in [4.69, 9.17) is 0 Å². The van der Waals surface area contributed by atoms with E-state index in [2.05, 4.69) is 42.9 Å². The van der Waals surface area contributed by atoms with Crippen molar-refractivity contribution in [2.24, 2.45) is 0 Å². The van der Waals surface area contributed by atoms with Crippen molar-refractivity contribution < 1.29 is 4.57 Å². The van der Waals surface area contributed by atoms with Crippen LogP contribution in [-0.2, 0) is 13.0 Å². The van der Waals surface area contributed by atoms with Gasteiger partial charge in [-0.05, 0) is 25.3 Å². The highest BCUT2D eigenvalue weighted by atomic mass is 14.9. The van der Waals surface area contributed by atoms with Crippen molar-refractivity contribution >= 4 is 0 Å². The van der Waals surface area contributed by atoms with E-state index in [0.717, 1.165) is 0 Å². The Hall–Kier alpha value is -0.850. The topological polar surface area (TPSA) is 3.88 Å². The van der Waals surface area contributed by atoms with Crippen LogP contribution in [0.2, 0.25) is 0 Å². The highest BCUT2D eigenvalue weighted by molar-refractivity contribution is 5.05. The van der Waals surface area contributed by atoms with Crippen molar-refractivity contribution in [3.05, 3.63) is 30.1 Å². The minimum absolute atomic E-state index is 1.19. The molecule has 0 saturated heterocycles. The van der Waals surface area contributed by atoms with Crippen molar-refractivity contribution in [3.8, 4) is 0 Å². The Morgan fingerprint density at radius 2 is 1.12 bits per heavy atom. The van der Waals surface area contributed by atoms with Gasteiger partial charge in [0.2, 0.25) is 0 Å². The molecule has 0 radical (unpaired) electrons. The van der Waals surface area contributed by atoms with E-state index in [0.29, 0.717) is 0 Å². The van der Waals surface area contributed by atoms with Crippen molar-refractivity contribution in [3.63, 3.8) is 0 Å². The molecule has 0 aliphatic rings. The van der Waals surface area contributed by atoms with Crippen LogP contribution in [0.5, 0.6) is 0 Å². The number of unbranched alkanes of at least 4 members (excludes halogenated alkanes) is 14. The zero-order chi connectivity index (χ0) is 18.7. The fourth-order valence-corrected chi connectivity index (χ4v) is 3.75. The smallest absolute Gasteiger partial charge is 0.171 e. The molecule has 150 valence electrons. The lowest BCUT2D eigenvalue weighted by molar-refractivity contribution is -0.697. The maximum Gasteiger partial charge on any atom is 0.171 e. The first kappa shape index (κ1) is 23.2. The molecule has 0 N–H and O–H groups in total. The fourth-order valence-electron chi connectivity index (χ4n) is 3.75. The van der Waals surface area contributed by atoms with Gasteiger partial charge in [-0.1, -0.05) is 97.3 Å². The second-order valence-corrected chi connectivity index (χ2v) is 8.15. The molecule has 1 nitrogen and oxygen atoms in total. The van der Waals surface area contributed by atoms with E-state index in [1.165, 1.54) is 121 Å². The Balaban J connectivity index is 1.96. The zero-order valence-corrected chi connectivity index (χ0v) is 18.0. The predicted octanol–water partition coefficient (Wildman–Crippen LogP) is 7.80. The van der Waals surface area contributed by atoms with Gasteiger partial charge >= 0.3 is 0 Å². The molecule has 26 heavy (non-hydrogen) atoms. The molecule has 0 unspecified atom stereocenters. The summed E-state index contributed by atoms with van der Waals surface area (Å²) in [6.07, 6.45) is 28.4. The van der Waals surface area contributed by atoms with E-state index in [1.54, 1.807) is 0 Å². The summed E-state index contributed by atoms with van der Waals surface area (Å²) < 4.78 is 2.39. The molecule has 0 aliphatic carbocycles. The molecule has 0 bridgehead atoms. The first-order valence-electron chi connectivity index (χ1n) is 11.8. The Morgan fingerprint density at radius 1 is 0.615 bits per heavy atom. The van der Waals surface area contributed by atoms with Crippen molar-refractivity contribution in [1.29, 1.82) is 0 Å². The quantitative estimate of drug-likeness (QED) is 0.186. The number of pyridine rings is 1. The van der Waals surface area contributed by atoms with Gasteiger partial charge in [-0.15, -0.1) is 0 Å². The Kier molecular flexibility index (Phi) is 15.7. The highest BCUT2D eigenvalue weighted by Crippen LogP contribution is 2.13. The lowest BCUT2D eigenvalue weighted by atomic mass is 10.0. The van der Waals surface area contributed by atoms with Crippen LogP contribution in [0.15, 0.2) is 24.5 Å². The normalized spacial score (nSPS) is 11.2. The monoisotopic (exact) mass is 360 g/mol. The maximum atomic E-state index is 2.39. The summed E-state index contributed by atoms with van der Waals surface area (Å²) in [5.41, 5.74) is 1.52. The third-order valence-corrected chi connectivity index (χ3v) is 5.51. The molecule has 1 aromatic rings. The molecule has 0 aliphatic heterocycles. The molecular formula is C25H46N+.